The molecule has 2 rings (SSSR count). The van der Waals surface area contributed by atoms with Gasteiger partial charge in [-0.1, -0.05) is 45.2 Å². The Kier molecular flexibility index (Phi) is 4.77. The SMILES string of the molecule is CC(C)(C)C1CCCCC1Nc1ccc(Cl)cc1[N+](=O)[O-]. The summed E-state index contributed by atoms with van der Waals surface area (Å²) in [6.45, 7) is 6.73. The van der Waals surface area contributed by atoms with Crippen molar-refractivity contribution in [2.45, 2.75) is 52.5 Å². The monoisotopic (exact) mass is 310 g/mol. The predicted octanol–water partition coefficient (Wildman–Crippen LogP) is 5.27. The van der Waals surface area contributed by atoms with E-state index < -0.39 is 0 Å². The molecule has 0 spiro atoms. The van der Waals surface area contributed by atoms with E-state index in [0.717, 1.165) is 6.42 Å². The van der Waals surface area contributed by atoms with Gasteiger partial charge in [-0.3, -0.25) is 10.1 Å². The van der Waals surface area contributed by atoms with Gasteiger partial charge in [-0.25, -0.2) is 0 Å². The highest BCUT2D eigenvalue weighted by atomic mass is 35.5. The lowest BCUT2D eigenvalue weighted by molar-refractivity contribution is -0.384. The van der Waals surface area contributed by atoms with Crippen LogP contribution in [0.25, 0.3) is 0 Å². The van der Waals surface area contributed by atoms with Crippen LogP contribution in [0.4, 0.5) is 11.4 Å². The van der Waals surface area contributed by atoms with Gasteiger partial charge in [0, 0.05) is 17.1 Å². The van der Waals surface area contributed by atoms with Crippen LogP contribution in [-0.4, -0.2) is 11.0 Å². The third-order valence-corrected chi connectivity index (χ3v) is 4.61. The molecule has 1 fully saturated rings. The van der Waals surface area contributed by atoms with Gasteiger partial charge < -0.3 is 5.32 Å². The predicted molar refractivity (Wildman–Crippen MR) is 86.9 cm³/mol. The third-order valence-electron chi connectivity index (χ3n) is 4.38. The van der Waals surface area contributed by atoms with Crippen LogP contribution in [0.5, 0.6) is 0 Å². The van der Waals surface area contributed by atoms with Gasteiger partial charge in [-0.05, 0) is 36.3 Å². The Labute approximate surface area is 131 Å². The van der Waals surface area contributed by atoms with Crippen molar-refractivity contribution >= 4 is 23.0 Å². The number of benzene rings is 1. The summed E-state index contributed by atoms with van der Waals surface area (Å²) in [5.74, 6) is 0.515. The second kappa shape index (κ2) is 6.22. The highest BCUT2D eigenvalue weighted by molar-refractivity contribution is 6.30. The number of hydrogen-bond acceptors (Lipinski definition) is 3. The van der Waals surface area contributed by atoms with E-state index in [1.807, 2.05) is 0 Å². The minimum Gasteiger partial charge on any atom is -0.376 e. The van der Waals surface area contributed by atoms with Crippen molar-refractivity contribution in [1.29, 1.82) is 0 Å². The Morgan fingerprint density at radius 2 is 1.95 bits per heavy atom. The van der Waals surface area contributed by atoms with E-state index in [0.29, 0.717) is 16.6 Å². The molecule has 1 aliphatic carbocycles. The second-order valence-corrected chi connectivity index (χ2v) is 7.36. The maximum Gasteiger partial charge on any atom is 0.293 e. The molecule has 2 atom stereocenters. The van der Waals surface area contributed by atoms with E-state index >= 15 is 0 Å². The zero-order chi connectivity index (χ0) is 15.6. The highest BCUT2D eigenvalue weighted by Gasteiger charge is 2.34. The summed E-state index contributed by atoms with van der Waals surface area (Å²) in [4.78, 5) is 10.8. The number of nitro benzene ring substituents is 1. The minimum atomic E-state index is -0.372. The smallest absolute Gasteiger partial charge is 0.293 e. The van der Waals surface area contributed by atoms with E-state index in [2.05, 4.69) is 26.1 Å². The molecular weight excluding hydrogens is 288 g/mol. The normalized spacial score (nSPS) is 22.9. The fourth-order valence-electron chi connectivity index (χ4n) is 3.32. The van der Waals surface area contributed by atoms with Crippen LogP contribution < -0.4 is 5.32 Å². The molecule has 0 bridgehead atoms. The quantitative estimate of drug-likeness (QED) is 0.611. The molecule has 0 aromatic heterocycles. The Morgan fingerprint density at radius 1 is 1.29 bits per heavy atom. The fraction of sp³-hybridized carbons (Fsp3) is 0.625. The fourth-order valence-corrected chi connectivity index (χ4v) is 3.48. The lowest BCUT2D eigenvalue weighted by Crippen LogP contribution is -2.39. The molecule has 116 valence electrons. The van der Waals surface area contributed by atoms with Crippen molar-refractivity contribution in [3.8, 4) is 0 Å². The molecule has 21 heavy (non-hydrogen) atoms. The number of halogens is 1. The van der Waals surface area contributed by atoms with Gasteiger partial charge in [0.05, 0.1) is 4.92 Å². The van der Waals surface area contributed by atoms with Gasteiger partial charge in [-0.2, -0.15) is 0 Å². The van der Waals surface area contributed by atoms with Crippen molar-refractivity contribution in [2.75, 3.05) is 5.32 Å². The van der Waals surface area contributed by atoms with Gasteiger partial charge in [0.25, 0.3) is 5.69 Å². The van der Waals surface area contributed by atoms with Crippen LogP contribution in [0, 0.1) is 21.4 Å². The van der Waals surface area contributed by atoms with Crippen LogP contribution in [0.1, 0.15) is 46.5 Å². The van der Waals surface area contributed by atoms with E-state index in [1.165, 1.54) is 25.3 Å². The summed E-state index contributed by atoms with van der Waals surface area (Å²) in [5, 5.41) is 15.0. The van der Waals surface area contributed by atoms with Gasteiger partial charge >= 0.3 is 0 Å². The average molecular weight is 311 g/mol. The largest absolute Gasteiger partial charge is 0.376 e. The van der Waals surface area contributed by atoms with Gasteiger partial charge in [-0.15, -0.1) is 0 Å². The number of nitrogens with zero attached hydrogens (tertiary/aromatic N) is 1. The molecule has 5 heteroatoms. The van der Waals surface area contributed by atoms with E-state index in [1.54, 1.807) is 12.1 Å². The number of hydrogen-bond donors (Lipinski definition) is 1. The molecule has 1 saturated carbocycles. The summed E-state index contributed by atoms with van der Waals surface area (Å²) < 4.78 is 0. The summed E-state index contributed by atoms with van der Waals surface area (Å²) in [7, 11) is 0. The van der Waals surface area contributed by atoms with Crippen molar-refractivity contribution in [3.05, 3.63) is 33.3 Å². The first-order chi connectivity index (χ1) is 9.79. The van der Waals surface area contributed by atoms with Crippen LogP contribution >= 0.6 is 11.6 Å². The van der Waals surface area contributed by atoms with Gasteiger partial charge in [0.2, 0.25) is 0 Å². The van der Waals surface area contributed by atoms with Crippen LogP contribution in [-0.2, 0) is 0 Å². The zero-order valence-corrected chi connectivity index (χ0v) is 13.6. The van der Waals surface area contributed by atoms with Crippen molar-refractivity contribution in [2.24, 2.45) is 11.3 Å². The summed E-state index contributed by atoms with van der Waals surface area (Å²) in [6.07, 6.45) is 4.64. The molecule has 0 radical (unpaired) electrons. The van der Waals surface area contributed by atoms with E-state index in [-0.39, 0.29) is 22.1 Å². The van der Waals surface area contributed by atoms with Gasteiger partial charge in [0.15, 0.2) is 0 Å². The molecule has 1 N–H and O–H groups in total. The van der Waals surface area contributed by atoms with Crippen molar-refractivity contribution in [3.63, 3.8) is 0 Å². The van der Waals surface area contributed by atoms with E-state index in [9.17, 15) is 10.1 Å². The molecular formula is C16H23ClN2O2. The molecule has 4 nitrogen and oxygen atoms in total. The van der Waals surface area contributed by atoms with Crippen LogP contribution in [0.3, 0.4) is 0 Å². The average Bonchev–Trinajstić information content (AvgIpc) is 2.40. The number of nitrogens with one attached hydrogen (secondary N) is 1. The first kappa shape index (κ1) is 16.1. The number of anilines is 1. The first-order valence-electron chi connectivity index (χ1n) is 7.49. The molecule has 0 amide bonds. The molecule has 2 unspecified atom stereocenters. The maximum absolute atomic E-state index is 11.2. The molecule has 0 heterocycles. The minimum absolute atomic E-state index is 0.0562. The second-order valence-electron chi connectivity index (χ2n) is 6.93. The Morgan fingerprint density at radius 3 is 2.57 bits per heavy atom. The Bertz CT molecular complexity index is 525. The molecule has 1 aromatic carbocycles. The van der Waals surface area contributed by atoms with E-state index in [4.69, 9.17) is 11.6 Å². The van der Waals surface area contributed by atoms with Crippen molar-refractivity contribution in [1.82, 2.24) is 0 Å². The highest BCUT2D eigenvalue weighted by Crippen LogP contribution is 2.40. The Hall–Kier alpha value is -1.29. The standard InChI is InChI=1S/C16H23ClN2O2/c1-16(2,3)12-6-4-5-7-13(12)18-14-9-8-11(17)10-15(14)19(20)21/h8-10,12-13,18H,4-7H2,1-3H3. The third kappa shape index (κ3) is 3.88. The van der Waals surface area contributed by atoms with Gasteiger partial charge in [0.1, 0.15) is 5.69 Å². The number of rotatable bonds is 3. The summed E-state index contributed by atoms with van der Waals surface area (Å²) in [5.41, 5.74) is 0.825. The molecule has 1 aromatic rings. The summed E-state index contributed by atoms with van der Waals surface area (Å²) >= 11 is 5.87. The Balaban J connectivity index is 2.25. The molecule has 1 aliphatic rings. The van der Waals surface area contributed by atoms with Crippen LogP contribution in [0.2, 0.25) is 5.02 Å². The van der Waals surface area contributed by atoms with Crippen LogP contribution in [0.15, 0.2) is 18.2 Å². The lowest BCUT2D eigenvalue weighted by atomic mass is 9.69. The molecule has 0 aliphatic heterocycles. The summed E-state index contributed by atoms with van der Waals surface area (Å²) in [6, 6.07) is 5.11. The van der Waals surface area contributed by atoms with Crippen molar-refractivity contribution < 1.29 is 4.92 Å². The first-order valence-corrected chi connectivity index (χ1v) is 7.87. The number of nitro groups is 1. The topological polar surface area (TPSA) is 55.2 Å². The zero-order valence-electron chi connectivity index (χ0n) is 12.9. The maximum atomic E-state index is 11.2. The lowest BCUT2D eigenvalue weighted by Gasteiger charge is -2.41. The molecule has 0 saturated heterocycles.